The Kier molecular flexibility index (Phi) is 5.24. The van der Waals surface area contributed by atoms with E-state index in [0.717, 1.165) is 0 Å². The standard InChI is InChI=1S/C11H24N2O2/c1-10(2,11(3,4)15)8-13-7-6-9(14)12-5/h13,15H,6-8H2,1-5H3,(H,12,14). The summed E-state index contributed by atoms with van der Waals surface area (Å²) in [5.74, 6) is 0.0311. The zero-order valence-corrected chi connectivity index (χ0v) is 10.5. The first kappa shape index (κ1) is 14.4. The van der Waals surface area contributed by atoms with E-state index < -0.39 is 5.60 Å². The van der Waals surface area contributed by atoms with Crippen molar-refractivity contribution < 1.29 is 9.90 Å². The summed E-state index contributed by atoms with van der Waals surface area (Å²) in [7, 11) is 1.63. The Hall–Kier alpha value is -0.610. The Morgan fingerprint density at radius 3 is 2.20 bits per heavy atom. The van der Waals surface area contributed by atoms with Crippen LogP contribution in [0.1, 0.15) is 34.1 Å². The van der Waals surface area contributed by atoms with E-state index >= 15 is 0 Å². The molecular weight excluding hydrogens is 192 g/mol. The summed E-state index contributed by atoms with van der Waals surface area (Å²) in [6.45, 7) is 8.92. The fraction of sp³-hybridized carbons (Fsp3) is 0.909. The summed E-state index contributed by atoms with van der Waals surface area (Å²) >= 11 is 0. The number of nitrogens with one attached hydrogen (secondary N) is 2. The predicted molar refractivity (Wildman–Crippen MR) is 61.6 cm³/mol. The molecule has 0 saturated heterocycles. The van der Waals surface area contributed by atoms with E-state index in [1.54, 1.807) is 20.9 Å². The molecular formula is C11H24N2O2. The minimum atomic E-state index is -0.729. The maximum Gasteiger partial charge on any atom is 0.221 e. The van der Waals surface area contributed by atoms with Crippen molar-refractivity contribution in [3.8, 4) is 0 Å². The van der Waals surface area contributed by atoms with Crippen molar-refractivity contribution in [2.24, 2.45) is 5.41 Å². The van der Waals surface area contributed by atoms with Gasteiger partial charge in [-0.2, -0.15) is 0 Å². The average molecular weight is 216 g/mol. The summed E-state index contributed by atoms with van der Waals surface area (Å²) in [5.41, 5.74) is -0.942. The summed E-state index contributed by atoms with van der Waals surface area (Å²) in [5, 5.41) is 15.6. The monoisotopic (exact) mass is 216 g/mol. The smallest absolute Gasteiger partial charge is 0.221 e. The molecule has 90 valence electrons. The van der Waals surface area contributed by atoms with Crippen LogP contribution in [0, 0.1) is 5.41 Å². The molecule has 4 nitrogen and oxygen atoms in total. The van der Waals surface area contributed by atoms with Gasteiger partial charge in [0, 0.05) is 32.0 Å². The van der Waals surface area contributed by atoms with E-state index in [9.17, 15) is 9.90 Å². The molecule has 0 fully saturated rings. The van der Waals surface area contributed by atoms with Crippen LogP contribution in [0.4, 0.5) is 0 Å². The molecule has 0 radical (unpaired) electrons. The molecule has 0 heterocycles. The first-order valence-electron chi connectivity index (χ1n) is 5.34. The molecule has 0 atom stereocenters. The average Bonchev–Trinajstić information content (AvgIpc) is 2.10. The normalized spacial score (nSPS) is 12.7. The zero-order valence-electron chi connectivity index (χ0n) is 10.5. The fourth-order valence-electron chi connectivity index (χ4n) is 0.944. The van der Waals surface area contributed by atoms with Crippen molar-refractivity contribution in [2.75, 3.05) is 20.1 Å². The third-order valence-electron chi connectivity index (χ3n) is 3.03. The number of carbonyl (C=O) groups is 1. The van der Waals surface area contributed by atoms with E-state index in [4.69, 9.17) is 0 Å². The summed E-state index contributed by atoms with van der Waals surface area (Å²) in [4.78, 5) is 10.9. The minimum absolute atomic E-state index is 0.0311. The fourth-order valence-corrected chi connectivity index (χ4v) is 0.944. The molecule has 0 spiro atoms. The number of hydrogen-bond acceptors (Lipinski definition) is 3. The van der Waals surface area contributed by atoms with Crippen LogP contribution in [-0.4, -0.2) is 36.8 Å². The van der Waals surface area contributed by atoms with Gasteiger partial charge in [-0.3, -0.25) is 4.79 Å². The van der Waals surface area contributed by atoms with E-state index in [2.05, 4.69) is 10.6 Å². The molecule has 0 aliphatic carbocycles. The molecule has 0 bridgehead atoms. The predicted octanol–water partition coefficient (Wildman–Crippen LogP) is 0.509. The van der Waals surface area contributed by atoms with Gasteiger partial charge in [0.15, 0.2) is 0 Å². The van der Waals surface area contributed by atoms with E-state index in [-0.39, 0.29) is 11.3 Å². The van der Waals surface area contributed by atoms with Crippen LogP contribution in [0.15, 0.2) is 0 Å². The number of hydrogen-bond donors (Lipinski definition) is 3. The van der Waals surface area contributed by atoms with E-state index in [1.807, 2.05) is 13.8 Å². The van der Waals surface area contributed by atoms with Crippen molar-refractivity contribution in [3.05, 3.63) is 0 Å². The molecule has 0 saturated carbocycles. The van der Waals surface area contributed by atoms with Gasteiger partial charge in [0.05, 0.1) is 5.60 Å². The summed E-state index contributed by atoms with van der Waals surface area (Å²) < 4.78 is 0. The molecule has 3 N–H and O–H groups in total. The molecule has 4 heteroatoms. The lowest BCUT2D eigenvalue weighted by Gasteiger charge is -2.37. The molecule has 0 aliphatic rings. The van der Waals surface area contributed by atoms with Crippen LogP contribution < -0.4 is 10.6 Å². The van der Waals surface area contributed by atoms with Crippen LogP contribution in [-0.2, 0) is 4.79 Å². The van der Waals surface area contributed by atoms with Crippen molar-refractivity contribution >= 4 is 5.91 Å². The second kappa shape index (κ2) is 5.47. The second-order valence-electron chi connectivity index (χ2n) is 5.04. The molecule has 0 rings (SSSR count). The van der Waals surface area contributed by atoms with Crippen molar-refractivity contribution in [3.63, 3.8) is 0 Å². The lowest BCUT2D eigenvalue weighted by molar-refractivity contribution is -0.120. The number of amides is 1. The molecule has 0 unspecified atom stereocenters. The van der Waals surface area contributed by atoms with Crippen LogP contribution in [0.5, 0.6) is 0 Å². The number of rotatable bonds is 6. The minimum Gasteiger partial charge on any atom is -0.390 e. The molecule has 0 aromatic carbocycles. The molecule has 1 amide bonds. The largest absolute Gasteiger partial charge is 0.390 e. The van der Waals surface area contributed by atoms with Gasteiger partial charge in [-0.25, -0.2) is 0 Å². The van der Waals surface area contributed by atoms with Crippen LogP contribution in [0.2, 0.25) is 0 Å². The SMILES string of the molecule is CNC(=O)CCNCC(C)(C)C(C)(C)O. The van der Waals surface area contributed by atoms with Gasteiger partial charge in [0.1, 0.15) is 0 Å². The highest BCUT2D eigenvalue weighted by atomic mass is 16.3. The molecule has 0 aliphatic heterocycles. The van der Waals surface area contributed by atoms with Gasteiger partial charge in [0.2, 0.25) is 5.91 Å². The first-order chi connectivity index (χ1) is 6.70. The van der Waals surface area contributed by atoms with Crippen LogP contribution in [0.3, 0.4) is 0 Å². The zero-order chi connectivity index (χ0) is 12.1. The Morgan fingerprint density at radius 1 is 1.27 bits per heavy atom. The lowest BCUT2D eigenvalue weighted by atomic mass is 9.77. The third-order valence-corrected chi connectivity index (χ3v) is 3.03. The topological polar surface area (TPSA) is 61.4 Å². The van der Waals surface area contributed by atoms with Crippen molar-refractivity contribution in [2.45, 2.75) is 39.7 Å². The van der Waals surface area contributed by atoms with Gasteiger partial charge < -0.3 is 15.7 Å². The molecule has 0 aromatic heterocycles. The molecule has 0 aromatic rings. The lowest BCUT2D eigenvalue weighted by Crippen LogP contribution is -2.46. The number of carbonyl (C=O) groups excluding carboxylic acids is 1. The first-order valence-corrected chi connectivity index (χ1v) is 5.34. The Labute approximate surface area is 92.4 Å². The highest BCUT2D eigenvalue weighted by Gasteiger charge is 2.34. The summed E-state index contributed by atoms with van der Waals surface area (Å²) in [6.07, 6.45) is 0.471. The Bertz CT molecular complexity index is 207. The van der Waals surface area contributed by atoms with E-state index in [0.29, 0.717) is 19.5 Å². The van der Waals surface area contributed by atoms with Crippen LogP contribution >= 0.6 is 0 Å². The Morgan fingerprint density at radius 2 is 1.80 bits per heavy atom. The van der Waals surface area contributed by atoms with Gasteiger partial charge in [0.25, 0.3) is 0 Å². The van der Waals surface area contributed by atoms with Gasteiger partial charge >= 0.3 is 0 Å². The summed E-state index contributed by atoms with van der Waals surface area (Å²) in [6, 6.07) is 0. The second-order valence-corrected chi connectivity index (χ2v) is 5.04. The van der Waals surface area contributed by atoms with Crippen molar-refractivity contribution in [1.29, 1.82) is 0 Å². The quantitative estimate of drug-likeness (QED) is 0.567. The third kappa shape index (κ3) is 5.14. The highest BCUT2D eigenvalue weighted by molar-refractivity contribution is 5.75. The van der Waals surface area contributed by atoms with Gasteiger partial charge in [-0.1, -0.05) is 13.8 Å². The van der Waals surface area contributed by atoms with Crippen molar-refractivity contribution in [1.82, 2.24) is 10.6 Å². The van der Waals surface area contributed by atoms with Crippen LogP contribution in [0.25, 0.3) is 0 Å². The van der Waals surface area contributed by atoms with Gasteiger partial charge in [-0.05, 0) is 13.8 Å². The highest BCUT2D eigenvalue weighted by Crippen LogP contribution is 2.28. The van der Waals surface area contributed by atoms with Gasteiger partial charge in [-0.15, -0.1) is 0 Å². The van der Waals surface area contributed by atoms with E-state index in [1.165, 1.54) is 0 Å². The maximum atomic E-state index is 10.9. The maximum absolute atomic E-state index is 10.9. The number of aliphatic hydroxyl groups is 1. The Balaban J connectivity index is 3.82. The molecule has 15 heavy (non-hydrogen) atoms.